The molecule has 0 aromatic heterocycles. The van der Waals surface area contributed by atoms with E-state index in [9.17, 15) is 4.79 Å². The second-order valence-corrected chi connectivity index (χ2v) is 6.40. The van der Waals surface area contributed by atoms with Crippen LogP contribution in [0.15, 0.2) is 18.2 Å². The molecule has 0 aliphatic heterocycles. The zero-order valence-electron chi connectivity index (χ0n) is 11.4. The molecular formula is C14H19Br2NO2. The first-order valence-electron chi connectivity index (χ1n) is 6.04. The first-order valence-corrected chi connectivity index (χ1v) is 8.29. The number of carbonyl (C=O) groups excluding carboxylic acids is 1. The van der Waals surface area contributed by atoms with Crippen molar-refractivity contribution < 1.29 is 9.53 Å². The van der Waals surface area contributed by atoms with Gasteiger partial charge in [-0.25, -0.2) is 4.79 Å². The number of nitrogens with one attached hydrogen (secondary N) is 1. The summed E-state index contributed by atoms with van der Waals surface area (Å²) in [6.45, 7) is 6.01. The van der Waals surface area contributed by atoms with Crippen molar-refractivity contribution >= 4 is 38.0 Å². The number of amides is 1. The smallest absolute Gasteiger partial charge is 0.407 e. The largest absolute Gasteiger partial charge is 0.444 e. The Morgan fingerprint density at radius 1 is 1.11 bits per heavy atom. The van der Waals surface area contributed by atoms with Crippen LogP contribution >= 0.6 is 31.9 Å². The predicted octanol–water partition coefficient (Wildman–Crippen LogP) is 4.50. The summed E-state index contributed by atoms with van der Waals surface area (Å²) in [7, 11) is 0. The molecule has 19 heavy (non-hydrogen) atoms. The highest BCUT2D eigenvalue weighted by atomic mass is 79.9. The average molecular weight is 393 g/mol. The van der Waals surface area contributed by atoms with E-state index in [0.29, 0.717) is 6.54 Å². The van der Waals surface area contributed by atoms with E-state index in [0.717, 1.165) is 16.2 Å². The number of rotatable bonds is 4. The van der Waals surface area contributed by atoms with E-state index in [1.54, 1.807) is 0 Å². The van der Waals surface area contributed by atoms with Gasteiger partial charge < -0.3 is 10.1 Å². The van der Waals surface area contributed by atoms with E-state index < -0.39 is 11.7 Å². The number of alkyl carbamates (subject to hydrolysis) is 1. The summed E-state index contributed by atoms with van der Waals surface area (Å²) in [5.74, 6) is 0. The highest BCUT2D eigenvalue weighted by Crippen LogP contribution is 2.16. The molecule has 1 rings (SSSR count). The lowest BCUT2D eigenvalue weighted by Gasteiger charge is -2.19. The van der Waals surface area contributed by atoms with Crippen molar-refractivity contribution in [1.29, 1.82) is 0 Å². The topological polar surface area (TPSA) is 38.3 Å². The Morgan fingerprint density at radius 2 is 1.58 bits per heavy atom. The van der Waals surface area contributed by atoms with Gasteiger partial charge in [0.05, 0.1) is 0 Å². The Balaban J connectivity index is 2.64. The van der Waals surface area contributed by atoms with Crippen LogP contribution in [0.2, 0.25) is 0 Å². The second kappa shape index (κ2) is 7.29. The minimum atomic E-state index is -0.469. The molecule has 1 amide bonds. The summed E-state index contributed by atoms with van der Waals surface area (Å²) >= 11 is 6.89. The van der Waals surface area contributed by atoms with Crippen molar-refractivity contribution in [3.8, 4) is 0 Å². The molecule has 1 aromatic rings. The minimum Gasteiger partial charge on any atom is -0.444 e. The Bertz CT molecular complexity index is 419. The maximum Gasteiger partial charge on any atom is 0.407 e. The summed E-state index contributed by atoms with van der Waals surface area (Å²) < 4.78 is 5.20. The van der Waals surface area contributed by atoms with Crippen molar-refractivity contribution in [3.05, 3.63) is 34.9 Å². The Kier molecular flexibility index (Phi) is 6.33. The van der Waals surface area contributed by atoms with Crippen LogP contribution in [0.4, 0.5) is 4.79 Å². The number of hydrogen-bond acceptors (Lipinski definition) is 2. The molecule has 0 saturated carbocycles. The van der Waals surface area contributed by atoms with E-state index >= 15 is 0 Å². The standard InChI is InChI=1S/C14H19Br2NO2/c1-14(2,3)19-13(18)17-9-12-5-10(7-15)4-11(6-12)8-16/h4-6H,7-9H2,1-3H3,(H,17,18). The molecule has 0 bridgehead atoms. The molecular weight excluding hydrogens is 374 g/mol. The Morgan fingerprint density at radius 3 is 2.00 bits per heavy atom. The quantitative estimate of drug-likeness (QED) is 0.766. The molecule has 0 heterocycles. The van der Waals surface area contributed by atoms with Gasteiger partial charge in [-0.05, 0) is 37.5 Å². The van der Waals surface area contributed by atoms with Gasteiger partial charge in [0.25, 0.3) is 0 Å². The van der Waals surface area contributed by atoms with Crippen molar-refractivity contribution in [2.24, 2.45) is 0 Å². The van der Waals surface area contributed by atoms with Gasteiger partial charge in [0.15, 0.2) is 0 Å². The Hall–Kier alpha value is -0.550. The third kappa shape index (κ3) is 6.43. The fourth-order valence-corrected chi connectivity index (χ4v) is 2.23. The monoisotopic (exact) mass is 391 g/mol. The van der Waals surface area contributed by atoms with Gasteiger partial charge in [0, 0.05) is 17.2 Å². The lowest BCUT2D eigenvalue weighted by molar-refractivity contribution is 0.0523. The van der Waals surface area contributed by atoms with Crippen LogP contribution in [0.3, 0.4) is 0 Å². The van der Waals surface area contributed by atoms with Crippen molar-refractivity contribution in [3.63, 3.8) is 0 Å². The van der Waals surface area contributed by atoms with E-state index in [4.69, 9.17) is 4.74 Å². The molecule has 0 spiro atoms. The van der Waals surface area contributed by atoms with Gasteiger partial charge in [-0.1, -0.05) is 50.1 Å². The molecule has 0 unspecified atom stereocenters. The number of ether oxygens (including phenoxy) is 1. The lowest BCUT2D eigenvalue weighted by Crippen LogP contribution is -2.32. The van der Waals surface area contributed by atoms with Crippen LogP contribution in [0.25, 0.3) is 0 Å². The van der Waals surface area contributed by atoms with Crippen LogP contribution in [-0.4, -0.2) is 11.7 Å². The highest BCUT2D eigenvalue weighted by Gasteiger charge is 2.15. The van der Waals surface area contributed by atoms with Gasteiger partial charge in [-0.3, -0.25) is 0 Å². The van der Waals surface area contributed by atoms with Crippen molar-refractivity contribution in [1.82, 2.24) is 5.32 Å². The minimum absolute atomic E-state index is 0.392. The number of carbonyl (C=O) groups is 1. The second-order valence-electron chi connectivity index (χ2n) is 5.28. The average Bonchev–Trinajstić information content (AvgIpc) is 2.33. The molecule has 0 atom stereocenters. The molecule has 3 nitrogen and oxygen atoms in total. The number of halogens is 2. The SMILES string of the molecule is CC(C)(C)OC(=O)NCc1cc(CBr)cc(CBr)c1. The maximum atomic E-state index is 11.6. The third-order valence-electron chi connectivity index (χ3n) is 2.26. The van der Waals surface area contributed by atoms with Crippen LogP contribution < -0.4 is 5.32 Å². The van der Waals surface area contributed by atoms with E-state index in [-0.39, 0.29) is 0 Å². The molecule has 0 fully saturated rings. The van der Waals surface area contributed by atoms with E-state index in [1.165, 1.54) is 11.1 Å². The summed E-state index contributed by atoms with van der Waals surface area (Å²) in [5.41, 5.74) is 2.98. The molecule has 0 radical (unpaired) electrons. The maximum absolute atomic E-state index is 11.6. The third-order valence-corrected chi connectivity index (χ3v) is 3.55. The van der Waals surface area contributed by atoms with E-state index in [1.807, 2.05) is 20.8 Å². The van der Waals surface area contributed by atoms with Crippen molar-refractivity contribution in [2.75, 3.05) is 0 Å². The first-order chi connectivity index (χ1) is 8.84. The molecule has 0 saturated heterocycles. The predicted molar refractivity (Wildman–Crippen MR) is 84.8 cm³/mol. The summed E-state index contributed by atoms with van der Waals surface area (Å²) in [4.78, 5) is 11.6. The number of alkyl halides is 2. The number of hydrogen-bond donors (Lipinski definition) is 1. The molecule has 106 valence electrons. The van der Waals surface area contributed by atoms with Crippen LogP contribution in [0.1, 0.15) is 37.5 Å². The summed E-state index contributed by atoms with van der Waals surface area (Å²) in [6.07, 6.45) is -0.392. The fraction of sp³-hybridized carbons (Fsp3) is 0.500. The summed E-state index contributed by atoms with van der Waals surface area (Å²) in [5, 5.41) is 4.36. The van der Waals surface area contributed by atoms with Crippen LogP contribution in [0.5, 0.6) is 0 Å². The molecule has 1 aromatic carbocycles. The zero-order valence-corrected chi connectivity index (χ0v) is 14.6. The van der Waals surface area contributed by atoms with Gasteiger partial charge >= 0.3 is 6.09 Å². The van der Waals surface area contributed by atoms with Gasteiger partial charge in [0.2, 0.25) is 0 Å². The zero-order chi connectivity index (χ0) is 14.5. The number of benzene rings is 1. The lowest BCUT2D eigenvalue weighted by atomic mass is 10.1. The van der Waals surface area contributed by atoms with Crippen LogP contribution in [0, 0.1) is 0 Å². The molecule has 5 heteroatoms. The first kappa shape index (κ1) is 16.5. The van der Waals surface area contributed by atoms with Gasteiger partial charge in [0.1, 0.15) is 5.60 Å². The molecule has 1 N–H and O–H groups in total. The van der Waals surface area contributed by atoms with Crippen LogP contribution in [-0.2, 0) is 21.9 Å². The van der Waals surface area contributed by atoms with Gasteiger partial charge in [-0.2, -0.15) is 0 Å². The summed E-state index contributed by atoms with van der Waals surface area (Å²) in [6, 6.07) is 6.26. The van der Waals surface area contributed by atoms with Crippen molar-refractivity contribution in [2.45, 2.75) is 43.6 Å². The highest BCUT2D eigenvalue weighted by molar-refractivity contribution is 9.08. The molecule has 0 aliphatic carbocycles. The Labute approximate surface area is 131 Å². The fourth-order valence-electron chi connectivity index (χ4n) is 1.58. The van der Waals surface area contributed by atoms with E-state index in [2.05, 4.69) is 55.4 Å². The van der Waals surface area contributed by atoms with Gasteiger partial charge in [-0.15, -0.1) is 0 Å². The normalized spacial score (nSPS) is 11.2. The molecule has 0 aliphatic rings.